The van der Waals surface area contributed by atoms with Crippen molar-refractivity contribution in [2.24, 2.45) is 0 Å². The Balaban J connectivity index is 0.000000424. The van der Waals surface area contributed by atoms with E-state index in [9.17, 15) is 4.79 Å². The first-order valence-corrected chi connectivity index (χ1v) is 3.69. The molecule has 0 unspecified atom stereocenters. The minimum absolute atomic E-state index is 0.0272. The molecule has 68 valence electrons. The van der Waals surface area contributed by atoms with Crippen LogP contribution in [0.3, 0.4) is 0 Å². The highest BCUT2D eigenvalue weighted by atomic mass is 16.4. The van der Waals surface area contributed by atoms with Crippen molar-refractivity contribution in [3.8, 4) is 0 Å². The second-order valence-corrected chi connectivity index (χ2v) is 2.08. The molecule has 1 rings (SSSR count). The number of ketones is 1. The van der Waals surface area contributed by atoms with Crippen molar-refractivity contribution in [1.82, 2.24) is 0 Å². The molecule has 0 aliphatic carbocycles. The minimum Gasteiger partial charge on any atom is -0.430 e. The molecule has 0 saturated carbocycles. The maximum absolute atomic E-state index is 10.9. The van der Waals surface area contributed by atoms with E-state index >= 15 is 0 Å². The summed E-state index contributed by atoms with van der Waals surface area (Å²) in [7, 11) is -0.750. The molecule has 0 atom stereocenters. The average molecular weight is 178 g/mol. The van der Waals surface area contributed by atoms with Crippen LogP contribution in [0.1, 0.15) is 10.4 Å². The van der Waals surface area contributed by atoms with Gasteiger partial charge in [-0.25, -0.2) is 0 Å². The summed E-state index contributed by atoms with van der Waals surface area (Å²) in [5.74, 6) is -0.0272. The van der Waals surface area contributed by atoms with Gasteiger partial charge in [0.2, 0.25) is 0 Å². The highest BCUT2D eigenvalue weighted by Gasteiger charge is 1.95. The summed E-state index contributed by atoms with van der Waals surface area (Å²) >= 11 is 0. The molecule has 0 heterocycles. The van der Waals surface area contributed by atoms with Crippen LogP contribution in [0.15, 0.2) is 43.0 Å². The van der Waals surface area contributed by atoms with E-state index in [0.29, 0.717) is 5.56 Å². The Hall–Kier alpha value is -1.39. The summed E-state index contributed by atoms with van der Waals surface area (Å²) in [6, 6.07) is 9.07. The molecule has 4 heteroatoms. The molecule has 3 nitrogen and oxygen atoms in total. The molecule has 0 bridgehead atoms. The Kier molecular flexibility index (Phi) is 6.50. The molecule has 0 fully saturated rings. The SMILES string of the molecule is C=CC(=O)c1ccccc1.OBO. The standard InChI is InChI=1S/C9H8O.BH3O2/c1-2-9(10)8-6-4-3-5-7-8;2-1-3/h2-7H,1H2;1-3H. The quantitative estimate of drug-likeness (QED) is 0.388. The number of hydrogen-bond donors (Lipinski definition) is 2. The van der Waals surface area contributed by atoms with Crippen LogP contribution in [-0.2, 0) is 0 Å². The lowest BCUT2D eigenvalue weighted by molar-refractivity contribution is 0.104. The minimum atomic E-state index is -0.750. The maximum Gasteiger partial charge on any atom is 0.432 e. The van der Waals surface area contributed by atoms with Gasteiger partial charge in [0.15, 0.2) is 5.78 Å². The van der Waals surface area contributed by atoms with Gasteiger partial charge in [0.1, 0.15) is 0 Å². The van der Waals surface area contributed by atoms with Crippen molar-refractivity contribution in [2.75, 3.05) is 0 Å². The molecule has 2 N–H and O–H groups in total. The Morgan fingerprint density at radius 2 is 1.77 bits per heavy atom. The van der Waals surface area contributed by atoms with Crippen molar-refractivity contribution in [3.63, 3.8) is 0 Å². The summed E-state index contributed by atoms with van der Waals surface area (Å²) in [6.45, 7) is 3.39. The Morgan fingerprint density at radius 1 is 1.31 bits per heavy atom. The second kappa shape index (κ2) is 7.27. The van der Waals surface area contributed by atoms with E-state index in [1.54, 1.807) is 12.1 Å². The number of rotatable bonds is 2. The third kappa shape index (κ3) is 4.95. The van der Waals surface area contributed by atoms with Crippen LogP contribution in [0.4, 0.5) is 0 Å². The zero-order chi connectivity index (χ0) is 10.1. The second-order valence-electron chi connectivity index (χ2n) is 2.08. The lowest BCUT2D eigenvalue weighted by Crippen LogP contribution is -1.90. The number of allylic oxidation sites excluding steroid dienone is 1. The van der Waals surface area contributed by atoms with Crippen molar-refractivity contribution in [2.45, 2.75) is 0 Å². The van der Waals surface area contributed by atoms with E-state index in [0.717, 1.165) is 0 Å². The Morgan fingerprint density at radius 3 is 2.15 bits per heavy atom. The summed E-state index contributed by atoms with van der Waals surface area (Å²) in [5, 5.41) is 14.2. The van der Waals surface area contributed by atoms with Gasteiger partial charge in [0, 0.05) is 5.56 Å². The molecule has 0 aromatic heterocycles. The van der Waals surface area contributed by atoms with E-state index in [1.807, 2.05) is 18.2 Å². The van der Waals surface area contributed by atoms with Gasteiger partial charge in [-0.05, 0) is 6.08 Å². The van der Waals surface area contributed by atoms with Crippen molar-refractivity contribution < 1.29 is 14.8 Å². The van der Waals surface area contributed by atoms with Crippen LogP contribution >= 0.6 is 0 Å². The van der Waals surface area contributed by atoms with Crippen molar-refractivity contribution in [1.29, 1.82) is 0 Å². The zero-order valence-electron chi connectivity index (χ0n) is 7.18. The van der Waals surface area contributed by atoms with E-state index in [-0.39, 0.29) is 5.78 Å². The van der Waals surface area contributed by atoms with Gasteiger partial charge < -0.3 is 10.0 Å². The summed E-state index contributed by atoms with van der Waals surface area (Å²) in [6.07, 6.45) is 1.31. The van der Waals surface area contributed by atoms with Gasteiger partial charge in [-0.2, -0.15) is 0 Å². The fourth-order valence-electron chi connectivity index (χ4n) is 0.720. The Bertz CT molecular complexity index is 259. The first-order chi connectivity index (χ1) is 6.26. The fourth-order valence-corrected chi connectivity index (χ4v) is 0.720. The largest absolute Gasteiger partial charge is 0.432 e. The van der Waals surface area contributed by atoms with Crippen LogP contribution in [0.2, 0.25) is 0 Å². The monoisotopic (exact) mass is 178 g/mol. The third-order valence-corrected chi connectivity index (χ3v) is 1.24. The van der Waals surface area contributed by atoms with Crippen LogP contribution in [-0.4, -0.2) is 23.5 Å². The zero-order valence-corrected chi connectivity index (χ0v) is 7.18. The third-order valence-electron chi connectivity index (χ3n) is 1.24. The predicted molar refractivity (Wildman–Crippen MR) is 52.6 cm³/mol. The van der Waals surface area contributed by atoms with Crippen LogP contribution in [0, 0.1) is 0 Å². The lowest BCUT2D eigenvalue weighted by atomic mass is 10.1. The van der Waals surface area contributed by atoms with Gasteiger partial charge in [-0.15, -0.1) is 0 Å². The van der Waals surface area contributed by atoms with Crippen molar-refractivity contribution in [3.05, 3.63) is 48.6 Å². The number of carbonyl (C=O) groups excluding carboxylic acids is 1. The molecule has 0 spiro atoms. The molecular formula is C9H11BO3. The molecule has 13 heavy (non-hydrogen) atoms. The summed E-state index contributed by atoms with van der Waals surface area (Å²) < 4.78 is 0. The van der Waals surface area contributed by atoms with Gasteiger partial charge in [-0.1, -0.05) is 36.9 Å². The smallest absolute Gasteiger partial charge is 0.430 e. The molecular weight excluding hydrogens is 167 g/mol. The van der Waals surface area contributed by atoms with Crippen LogP contribution in [0.25, 0.3) is 0 Å². The topological polar surface area (TPSA) is 57.5 Å². The van der Waals surface area contributed by atoms with Crippen molar-refractivity contribution >= 4 is 13.5 Å². The lowest BCUT2D eigenvalue weighted by Gasteiger charge is -1.90. The van der Waals surface area contributed by atoms with Gasteiger partial charge in [-0.3, -0.25) is 4.79 Å². The molecule has 1 aromatic carbocycles. The predicted octanol–water partition coefficient (Wildman–Crippen LogP) is 0.293. The molecule has 0 aliphatic heterocycles. The Labute approximate surface area is 77.6 Å². The summed E-state index contributed by atoms with van der Waals surface area (Å²) in [5.41, 5.74) is 0.692. The van der Waals surface area contributed by atoms with Crippen LogP contribution < -0.4 is 0 Å². The molecule has 1 aromatic rings. The van der Waals surface area contributed by atoms with E-state index in [2.05, 4.69) is 6.58 Å². The maximum atomic E-state index is 10.9. The molecule has 0 aliphatic rings. The number of hydrogen-bond acceptors (Lipinski definition) is 3. The molecule has 0 saturated heterocycles. The van der Waals surface area contributed by atoms with E-state index < -0.39 is 7.69 Å². The van der Waals surface area contributed by atoms with Gasteiger partial charge in [0.05, 0.1) is 0 Å². The molecule has 0 amide bonds. The number of carbonyl (C=O) groups is 1. The highest BCUT2D eigenvalue weighted by Crippen LogP contribution is 1.99. The number of benzene rings is 1. The molecule has 0 radical (unpaired) electrons. The summed E-state index contributed by atoms with van der Waals surface area (Å²) in [4.78, 5) is 10.9. The van der Waals surface area contributed by atoms with Crippen LogP contribution in [0.5, 0.6) is 0 Å². The van der Waals surface area contributed by atoms with E-state index in [4.69, 9.17) is 10.0 Å². The average Bonchev–Trinajstić information content (AvgIpc) is 2.19. The van der Waals surface area contributed by atoms with Gasteiger partial charge >= 0.3 is 7.69 Å². The van der Waals surface area contributed by atoms with Gasteiger partial charge in [0.25, 0.3) is 0 Å². The highest BCUT2D eigenvalue weighted by molar-refractivity contribution is 6.13. The normalized spacial score (nSPS) is 7.85. The first kappa shape index (κ1) is 11.6. The fraction of sp³-hybridized carbons (Fsp3) is 0. The van der Waals surface area contributed by atoms with E-state index in [1.165, 1.54) is 6.08 Å². The first-order valence-electron chi connectivity index (χ1n) is 3.69.